The van der Waals surface area contributed by atoms with E-state index in [0.717, 1.165) is 51.2 Å². The van der Waals surface area contributed by atoms with Gasteiger partial charge in [0.2, 0.25) is 10.0 Å². The number of nitrogens with zero attached hydrogens (tertiary/aromatic N) is 1. The van der Waals surface area contributed by atoms with Crippen LogP contribution < -0.4 is 5.32 Å². The summed E-state index contributed by atoms with van der Waals surface area (Å²) in [6.45, 7) is 4.54. The Morgan fingerprint density at radius 2 is 1.88 bits per heavy atom. The zero-order valence-electron chi connectivity index (χ0n) is 11.1. The third kappa shape index (κ3) is 4.94. The lowest BCUT2D eigenvalue weighted by Gasteiger charge is -2.30. The molecule has 1 aliphatic rings. The first-order chi connectivity index (χ1) is 8.10. The summed E-state index contributed by atoms with van der Waals surface area (Å²) < 4.78 is 25.8. The second-order valence-electron chi connectivity index (χ2n) is 4.88. The molecule has 0 saturated carbocycles. The van der Waals surface area contributed by atoms with Crippen molar-refractivity contribution in [3.8, 4) is 0 Å². The van der Waals surface area contributed by atoms with Gasteiger partial charge in [0.05, 0.1) is 5.75 Å². The molecule has 0 unspecified atom stereocenters. The molecule has 1 N–H and O–H groups in total. The van der Waals surface area contributed by atoms with Gasteiger partial charge in [0.25, 0.3) is 0 Å². The van der Waals surface area contributed by atoms with E-state index in [1.807, 2.05) is 7.05 Å². The first-order valence-corrected chi connectivity index (χ1v) is 8.33. The molecular weight excluding hydrogens is 236 g/mol. The molecular formula is C12H26N2O2S. The Morgan fingerprint density at radius 1 is 1.24 bits per heavy atom. The lowest BCUT2D eigenvalue weighted by molar-refractivity contribution is 0.269. The molecule has 1 saturated heterocycles. The van der Waals surface area contributed by atoms with Crippen LogP contribution in [-0.4, -0.2) is 45.2 Å². The third-order valence-electron chi connectivity index (χ3n) is 3.62. The zero-order valence-corrected chi connectivity index (χ0v) is 11.9. The van der Waals surface area contributed by atoms with Crippen molar-refractivity contribution < 1.29 is 8.42 Å². The first-order valence-electron chi connectivity index (χ1n) is 6.72. The molecule has 0 aromatic rings. The van der Waals surface area contributed by atoms with Crippen molar-refractivity contribution in [2.75, 3.05) is 32.4 Å². The molecule has 0 aliphatic carbocycles. The topological polar surface area (TPSA) is 49.4 Å². The summed E-state index contributed by atoms with van der Waals surface area (Å²) in [7, 11) is -1.10. The average molecular weight is 262 g/mol. The Balaban J connectivity index is 2.33. The van der Waals surface area contributed by atoms with E-state index in [-0.39, 0.29) is 0 Å². The van der Waals surface area contributed by atoms with Crippen LogP contribution in [0.3, 0.4) is 0 Å². The molecule has 0 radical (unpaired) electrons. The van der Waals surface area contributed by atoms with E-state index >= 15 is 0 Å². The van der Waals surface area contributed by atoms with Gasteiger partial charge in [0, 0.05) is 13.1 Å². The largest absolute Gasteiger partial charge is 0.320 e. The van der Waals surface area contributed by atoms with Gasteiger partial charge in [-0.2, -0.15) is 0 Å². The normalized spacial score (nSPS) is 19.6. The van der Waals surface area contributed by atoms with E-state index in [1.165, 1.54) is 6.42 Å². The Kier molecular flexibility index (Phi) is 6.44. The Labute approximate surface area is 106 Å². The maximum Gasteiger partial charge on any atom is 0.214 e. The fourth-order valence-electron chi connectivity index (χ4n) is 2.31. The van der Waals surface area contributed by atoms with Gasteiger partial charge in [-0.05, 0) is 45.2 Å². The van der Waals surface area contributed by atoms with Gasteiger partial charge >= 0.3 is 0 Å². The highest BCUT2D eigenvalue weighted by atomic mass is 32.2. The fraction of sp³-hybridized carbons (Fsp3) is 1.00. The van der Waals surface area contributed by atoms with Crippen molar-refractivity contribution >= 4 is 10.0 Å². The van der Waals surface area contributed by atoms with Crippen molar-refractivity contribution in [1.29, 1.82) is 0 Å². The number of rotatable bonds is 7. The lowest BCUT2D eigenvalue weighted by atomic mass is 9.96. The maximum absolute atomic E-state index is 12.0. The average Bonchev–Trinajstić information content (AvgIpc) is 2.35. The van der Waals surface area contributed by atoms with E-state index in [1.54, 1.807) is 4.31 Å². The van der Waals surface area contributed by atoms with Crippen molar-refractivity contribution in [3.05, 3.63) is 0 Å². The number of piperidine rings is 1. The van der Waals surface area contributed by atoms with Crippen molar-refractivity contribution in [1.82, 2.24) is 9.62 Å². The molecule has 1 heterocycles. The van der Waals surface area contributed by atoms with Gasteiger partial charge in [-0.25, -0.2) is 12.7 Å². The van der Waals surface area contributed by atoms with Crippen LogP contribution in [0.1, 0.15) is 39.0 Å². The van der Waals surface area contributed by atoms with E-state index in [4.69, 9.17) is 0 Å². The minimum Gasteiger partial charge on any atom is -0.320 e. The molecule has 0 bridgehead atoms. The standard InChI is InChI=1S/C12H26N2O2S/c1-3-12-6-9-14(10-7-12)17(15,16)11-5-4-8-13-2/h12-13H,3-11H2,1-2H3. The predicted octanol–water partition coefficient (Wildman–Crippen LogP) is 1.44. The quantitative estimate of drug-likeness (QED) is 0.706. The van der Waals surface area contributed by atoms with Crippen LogP contribution in [0.4, 0.5) is 0 Å². The van der Waals surface area contributed by atoms with E-state index < -0.39 is 10.0 Å². The molecule has 1 fully saturated rings. The Morgan fingerprint density at radius 3 is 2.41 bits per heavy atom. The summed E-state index contributed by atoms with van der Waals surface area (Å²) in [5.41, 5.74) is 0. The molecule has 0 atom stereocenters. The zero-order chi connectivity index (χ0) is 12.7. The molecule has 102 valence electrons. The molecule has 1 aliphatic heterocycles. The number of hydrogen-bond donors (Lipinski definition) is 1. The SMILES string of the molecule is CCC1CCN(S(=O)(=O)CCCCNC)CC1. The van der Waals surface area contributed by atoms with Gasteiger partial charge in [-0.1, -0.05) is 13.3 Å². The van der Waals surface area contributed by atoms with Crippen molar-refractivity contribution in [2.45, 2.75) is 39.0 Å². The highest BCUT2D eigenvalue weighted by molar-refractivity contribution is 7.89. The van der Waals surface area contributed by atoms with Crippen LogP contribution in [0, 0.1) is 5.92 Å². The number of hydrogen-bond acceptors (Lipinski definition) is 3. The monoisotopic (exact) mass is 262 g/mol. The van der Waals surface area contributed by atoms with E-state index in [0.29, 0.717) is 5.75 Å². The molecule has 0 spiro atoms. The summed E-state index contributed by atoms with van der Waals surface area (Å²) in [6, 6.07) is 0. The van der Waals surface area contributed by atoms with E-state index in [2.05, 4.69) is 12.2 Å². The van der Waals surface area contributed by atoms with Gasteiger partial charge in [0.1, 0.15) is 0 Å². The fourth-order valence-corrected chi connectivity index (χ4v) is 3.91. The molecule has 17 heavy (non-hydrogen) atoms. The van der Waals surface area contributed by atoms with Gasteiger partial charge in [-0.3, -0.25) is 0 Å². The lowest BCUT2D eigenvalue weighted by Crippen LogP contribution is -2.39. The van der Waals surface area contributed by atoms with Crippen LogP contribution in [-0.2, 0) is 10.0 Å². The Bertz CT molecular complexity index is 296. The second-order valence-corrected chi connectivity index (χ2v) is 6.97. The highest BCUT2D eigenvalue weighted by Crippen LogP contribution is 2.22. The predicted molar refractivity (Wildman–Crippen MR) is 71.5 cm³/mol. The van der Waals surface area contributed by atoms with Crippen LogP contribution >= 0.6 is 0 Å². The van der Waals surface area contributed by atoms with Crippen LogP contribution in [0.5, 0.6) is 0 Å². The summed E-state index contributed by atoms with van der Waals surface area (Å²) >= 11 is 0. The molecule has 4 nitrogen and oxygen atoms in total. The Hall–Kier alpha value is -0.130. The summed E-state index contributed by atoms with van der Waals surface area (Å²) in [4.78, 5) is 0. The summed E-state index contributed by atoms with van der Waals surface area (Å²) in [5, 5.41) is 3.04. The second kappa shape index (κ2) is 7.34. The summed E-state index contributed by atoms with van der Waals surface area (Å²) in [6.07, 6.45) is 4.94. The maximum atomic E-state index is 12.0. The molecule has 1 rings (SSSR count). The van der Waals surface area contributed by atoms with Crippen LogP contribution in [0.2, 0.25) is 0 Å². The molecule has 0 amide bonds. The first kappa shape index (κ1) is 14.9. The van der Waals surface area contributed by atoms with Crippen molar-refractivity contribution in [2.24, 2.45) is 5.92 Å². The number of unbranched alkanes of at least 4 members (excludes halogenated alkanes) is 1. The number of nitrogens with one attached hydrogen (secondary N) is 1. The summed E-state index contributed by atoms with van der Waals surface area (Å²) in [5.74, 6) is 1.04. The number of sulfonamides is 1. The smallest absolute Gasteiger partial charge is 0.214 e. The highest BCUT2D eigenvalue weighted by Gasteiger charge is 2.26. The molecule has 0 aromatic heterocycles. The van der Waals surface area contributed by atoms with E-state index in [9.17, 15) is 8.42 Å². The van der Waals surface area contributed by atoms with Crippen molar-refractivity contribution in [3.63, 3.8) is 0 Å². The molecule has 5 heteroatoms. The molecule has 0 aromatic carbocycles. The van der Waals surface area contributed by atoms with Gasteiger partial charge in [0.15, 0.2) is 0 Å². The van der Waals surface area contributed by atoms with Crippen LogP contribution in [0.25, 0.3) is 0 Å². The van der Waals surface area contributed by atoms with Crippen LogP contribution in [0.15, 0.2) is 0 Å². The van der Waals surface area contributed by atoms with Gasteiger partial charge in [-0.15, -0.1) is 0 Å². The minimum absolute atomic E-state index is 0.311. The van der Waals surface area contributed by atoms with Gasteiger partial charge < -0.3 is 5.32 Å². The third-order valence-corrected chi connectivity index (χ3v) is 5.58. The minimum atomic E-state index is -2.99.